The van der Waals surface area contributed by atoms with Crippen LogP contribution in [0.2, 0.25) is 0 Å². The van der Waals surface area contributed by atoms with Gasteiger partial charge in [0.05, 0.1) is 33.3 Å². The average Bonchev–Trinajstić information content (AvgIpc) is 3.86. The second-order valence-electron chi connectivity index (χ2n) is 12.8. The molecule has 238 valence electrons. The van der Waals surface area contributed by atoms with Crippen molar-refractivity contribution in [2.45, 2.75) is 0 Å². The summed E-state index contributed by atoms with van der Waals surface area (Å²) in [6.07, 6.45) is 0. The van der Waals surface area contributed by atoms with Crippen molar-refractivity contribution in [1.82, 2.24) is 24.1 Å². The van der Waals surface area contributed by atoms with Gasteiger partial charge in [-0.2, -0.15) is 9.97 Å². The highest BCUT2D eigenvalue weighted by Crippen LogP contribution is 2.41. The Balaban J connectivity index is 1.19. The van der Waals surface area contributed by atoms with E-state index < -0.39 is 0 Å². The van der Waals surface area contributed by atoms with Gasteiger partial charge in [0.25, 0.3) is 0 Å². The lowest BCUT2D eigenvalue weighted by Crippen LogP contribution is -2.06. The predicted molar refractivity (Wildman–Crippen MR) is 207 cm³/mol. The SMILES string of the molecule is c1ccc(-c2nc(-c3cccc4c3oc3c(-n5c6ccccc6c6ccccc65)cccc34)nc(-n3c4ccccc4c4ccccc43)n2)cc1. The van der Waals surface area contributed by atoms with Crippen LogP contribution in [-0.2, 0) is 0 Å². The van der Waals surface area contributed by atoms with Crippen molar-refractivity contribution in [1.29, 1.82) is 0 Å². The van der Waals surface area contributed by atoms with Crippen LogP contribution in [0.25, 0.3) is 100.0 Å². The van der Waals surface area contributed by atoms with Crippen LogP contribution in [0.3, 0.4) is 0 Å². The number of aromatic nitrogens is 5. The van der Waals surface area contributed by atoms with Crippen LogP contribution in [0.4, 0.5) is 0 Å². The molecule has 51 heavy (non-hydrogen) atoms. The summed E-state index contributed by atoms with van der Waals surface area (Å²) < 4.78 is 11.4. The number of benzene rings is 7. The molecule has 0 aliphatic carbocycles. The maximum atomic E-state index is 6.98. The van der Waals surface area contributed by atoms with E-state index in [0.29, 0.717) is 17.6 Å². The first-order valence-electron chi connectivity index (χ1n) is 17.0. The molecular weight excluding hydrogens is 627 g/mol. The third kappa shape index (κ3) is 4.07. The van der Waals surface area contributed by atoms with Gasteiger partial charge in [0.1, 0.15) is 5.58 Å². The van der Waals surface area contributed by atoms with Gasteiger partial charge in [-0.1, -0.05) is 127 Å². The van der Waals surface area contributed by atoms with Crippen molar-refractivity contribution in [3.05, 3.63) is 164 Å². The lowest BCUT2D eigenvalue weighted by molar-refractivity contribution is 0.667. The predicted octanol–water partition coefficient (Wildman–Crippen LogP) is 11.3. The van der Waals surface area contributed by atoms with Crippen molar-refractivity contribution in [3.8, 4) is 34.4 Å². The van der Waals surface area contributed by atoms with E-state index in [2.05, 4.69) is 137 Å². The highest BCUT2D eigenvalue weighted by Gasteiger charge is 2.22. The topological polar surface area (TPSA) is 61.7 Å². The smallest absolute Gasteiger partial charge is 0.238 e. The molecular formula is C45H27N5O. The summed E-state index contributed by atoms with van der Waals surface area (Å²) in [5.74, 6) is 1.69. The van der Waals surface area contributed by atoms with Gasteiger partial charge in [-0.3, -0.25) is 4.57 Å². The first-order valence-corrected chi connectivity index (χ1v) is 17.0. The van der Waals surface area contributed by atoms with Gasteiger partial charge in [0.2, 0.25) is 5.95 Å². The molecule has 4 aromatic heterocycles. The molecule has 11 rings (SSSR count). The average molecular weight is 654 g/mol. The zero-order valence-electron chi connectivity index (χ0n) is 27.2. The van der Waals surface area contributed by atoms with Gasteiger partial charge >= 0.3 is 0 Å². The minimum atomic E-state index is 0.545. The minimum Gasteiger partial charge on any atom is -0.453 e. The standard InChI is InChI=1S/C45H27N5O/c1-2-14-28(15-3-1)43-46-44(48-45(47-43)50-38-25-10-6-18-31(38)32-19-7-11-26-39(32)50)35-22-12-20-33-34-21-13-27-40(42(34)51-41(33)35)49-36-23-8-4-16-29(36)30-17-5-9-24-37(30)49/h1-27H. The lowest BCUT2D eigenvalue weighted by atomic mass is 10.1. The van der Waals surface area contributed by atoms with E-state index in [9.17, 15) is 0 Å². The molecule has 0 aliphatic rings. The first-order chi connectivity index (χ1) is 25.3. The van der Waals surface area contributed by atoms with E-state index >= 15 is 0 Å². The fourth-order valence-corrected chi connectivity index (χ4v) is 7.78. The van der Waals surface area contributed by atoms with Crippen LogP contribution in [-0.4, -0.2) is 24.1 Å². The number of rotatable bonds is 4. The van der Waals surface area contributed by atoms with Crippen molar-refractivity contribution in [2.75, 3.05) is 0 Å². The highest BCUT2D eigenvalue weighted by atomic mass is 16.3. The van der Waals surface area contributed by atoms with E-state index in [1.54, 1.807) is 0 Å². The molecule has 0 spiro atoms. The summed E-state index contributed by atoms with van der Waals surface area (Å²) in [7, 11) is 0. The molecule has 11 aromatic rings. The van der Waals surface area contributed by atoms with Gasteiger partial charge in [0, 0.05) is 37.9 Å². The van der Waals surface area contributed by atoms with Crippen LogP contribution < -0.4 is 0 Å². The van der Waals surface area contributed by atoms with Gasteiger partial charge < -0.3 is 8.98 Å². The normalized spacial score (nSPS) is 11.9. The van der Waals surface area contributed by atoms with Crippen LogP contribution in [0.5, 0.6) is 0 Å². The van der Waals surface area contributed by atoms with Gasteiger partial charge in [0.15, 0.2) is 17.2 Å². The van der Waals surface area contributed by atoms with Gasteiger partial charge in [-0.15, -0.1) is 0 Å². The van der Waals surface area contributed by atoms with Crippen molar-refractivity contribution in [3.63, 3.8) is 0 Å². The lowest BCUT2D eigenvalue weighted by Gasteiger charge is -2.11. The van der Waals surface area contributed by atoms with E-state index in [4.69, 9.17) is 19.4 Å². The third-order valence-electron chi connectivity index (χ3n) is 10.0. The monoisotopic (exact) mass is 653 g/mol. The van der Waals surface area contributed by atoms with Gasteiger partial charge in [-0.25, -0.2) is 4.98 Å². The fourth-order valence-electron chi connectivity index (χ4n) is 7.78. The number of para-hydroxylation sites is 6. The molecule has 6 nitrogen and oxygen atoms in total. The summed E-state index contributed by atoms with van der Waals surface area (Å²) in [6, 6.07) is 56.6. The number of hydrogen-bond donors (Lipinski definition) is 0. The molecule has 7 aromatic carbocycles. The number of nitrogens with zero attached hydrogens (tertiary/aromatic N) is 5. The minimum absolute atomic E-state index is 0.545. The molecule has 0 N–H and O–H groups in total. The molecule has 0 saturated carbocycles. The first kappa shape index (κ1) is 27.9. The largest absolute Gasteiger partial charge is 0.453 e. The third-order valence-corrected chi connectivity index (χ3v) is 10.0. The summed E-state index contributed by atoms with van der Waals surface area (Å²) in [6.45, 7) is 0. The van der Waals surface area contributed by atoms with Crippen LogP contribution in [0.15, 0.2) is 168 Å². The zero-order valence-corrected chi connectivity index (χ0v) is 27.2. The fraction of sp³-hybridized carbons (Fsp3) is 0. The molecule has 0 amide bonds. The molecule has 0 fully saturated rings. The van der Waals surface area contributed by atoms with E-state index in [0.717, 1.165) is 71.6 Å². The molecule has 0 saturated heterocycles. The molecule has 0 bridgehead atoms. The summed E-state index contributed by atoms with van der Waals surface area (Å²) in [5, 5.41) is 6.74. The quantitative estimate of drug-likeness (QED) is 0.190. The van der Waals surface area contributed by atoms with Gasteiger partial charge in [-0.05, 0) is 36.4 Å². The zero-order chi connectivity index (χ0) is 33.5. The summed E-state index contributed by atoms with van der Waals surface area (Å²) in [4.78, 5) is 15.4. The number of fused-ring (bicyclic) bond motifs is 9. The van der Waals surface area contributed by atoms with Crippen LogP contribution >= 0.6 is 0 Å². The maximum Gasteiger partial charge on any atom is 0.238 e. The number of hydrogen-bond acceptors (Lipinski definition) is 4. The van der Waals surface area contributed by atoms with E-state index in [-0.39, 0.29) is 0 Å². The Morgan fingerprint density at radius 1 is 0.353 bits per heavy atom. The molecule has 0 atom stereocenters. The molecule has 4 heterocycles. The Bertz CT molecular complexity index is 3040. The molecule has 0 unspecified atom stereocenters. The molecule has 6 heteroatoms. The van der Waals surface area contributed by atoms with E-state index in [1.165, 1.54) is 10.8 Å². The van der Waals surface area contributed by atoms with Crippen molar-refractivity contribution >= 4 is 65.6 Å². The summed E-state index contributed by atoms with van der Waals surface area (Å²) >= 11 is 0. The highest BCUT2D eigenvalue weighted by molar-refractivity contribution is 6.14. The Morgan fingerprint density at radius 2 is 0.824 bits per heavy atom. The van der Waals surface area contributed by atoms with Crippen molar-refractivity contribution in [2.24, 2.45) is 0 Å². The summed E-state index contributed by atoms with van der Waals surface area (Å²) in [5.41, 5.74) is 8.58. The molecule has 0 aliphatic heterocycles. The maximum absolute atomic E-state index is 6.98. The Hall–Kier alpha value is -7.05. The van der Waals surface area contributed by atoms with E-state index in [1.807, 2.05) is 36.4 Å². The molecule has 0 radical (unpaired) electrons. The van der Waals surface area contributed by atoms with Crippen molar-refractivity contribution < 1.29 is 4.42 Å². The Kier molecular flexibility index (Phi) is 5.86. The van der Waals surface area contributed by atoms with Crippen LogP contribution in [0, 0.1) is 0 Å². The van der Waals surface area contributed by atoms with Crippen LogP contribution in [0.1, 0.15) is 0 Å². The Labute approximate surface area is 291 Å². The second kappa shape index (κ2) is 10.7. The second-order valence-corrected chi connectivity index (χ2v) is 12.8. The number of furan rings is 1. The Morgan fingerprint density at radius 3 is 1.43 bits per heavy atom.